The van der Waals surface area contributed by atoms with E-state index in [1.807, 2.05) is 30.8 Å². The molecule has 4 aliphatic heterocycles. The second kappa shape index (κ2) is 9.13. The van der Waals surface area contributed by atoms with Crippen LogP contribution in [0, 0.1) is 5.92 Å². The molecular formula is C25H30N2O3S. The number of hydrogen-bond donors (Lipinski definition) is 1. The molecule has 0 radical (unpaired) electrons. The number of amides is 1. The number of alkyl carbamates (subject to hydrolysis) is 1. The van der Waals surface area contributed by atoms with Crippen LogP contribution in [-0.2, 0) is 4.74 Å². The zero-order valence-corrected chi connectivity index (χ0v) is 18.8. The van der Waals surface area contributed by atoms with Crippen molar-refractivity contribution in [1.82, 2.24) is 10.2 Å². The van der Waals surface area contributed by atoms with E-state index in [0.717, 1.165) is 56.0 Å². The zero-order valence-electron chi connectivity index (χ0n) is 18.0. The molecule has 2 aromatic rings. The lowest BCUT2D eigenvalue weighted by molar-refractivity contribution is -0.0339. The summed E-state index contributed by atoms with van der Waals surface area (Å²) in [6.45, 7) is 5.84. The maximum absolute atomic E-state index is 12.7. The molecule has 6 rings (SSSR count). The lowest BCUT2D eigenvalue weighted by Gasteiger charge is -2.44. The van der Waals surface area contributed by atoms with Crippen molar-refractivity contribution in [2.45, 2.75) is 43.2 Å². The lowest BCUT2D eigenvalue weighted by Crippen LogP contribution is -2.52. The highest BCUT2D eigenvalue weighted by molar-refractivity contribution is 7.99. The van der Waals surface area contributed by atoms with Gasteiger partial charge in [0, 0.05) is 17.2 Å². The molecule has 0 aliphatic carbocycles. The quantitative estimate of drug-likeness (QED) is 0.703. The van der Waals surface area contributed by atoms with E-state index in [-0.39, 0.29) is 18.2 Å². The van der Waals surface area contributed by atoms with Crippen LogP contribution in [0.1, 0.15) is 37.8 Å². The van der Waals surface area contributed by atoms with Crippen LogP contribution < -0.4 is 10.1 Å². The molecule has 3 saturated heterocycles. The van der Waals surface area contributed by atoms with E-state index in [2.05, 4.69) is 40.5 Å². The summed E-state index contributed by atoms with van der Waals surface area (Å²) in [7, 11) is 0. The predicted octanol–water partition coefficient (Wildman–Crippen LogP) is 5.11. The van der Waals surface area contributed by atoms with Crippen molar-refractivity contribution >= 4 is 17.9 Å². The monoisotopic (exact) mass is 438 g/mol. The number of rotatable bonds is 5. The minimum atomic E-state index is -0.268. The molecule has 2 bridgehead atoms. The molecule has 3 fully saturated rings. The van der Waals surface area contributed by atoms with Gasteiger partial charge >= 0.3 is 6.09 Å². The summed E-state index contributed by atoms with van der Waals surface area (Å²) in [4.78, 5) is 16.3. The Bertz CT molecular complexity index is 942. The van der Waals surface area contributed by atoms with Crippen LogP contribution in [0.25, 0.3) is 11.1 Å². The summed E-state index contributed by atoms with van der Waals surface area (Å²) in [6, 6.07) is 14.7. The van der Waals surface area contributed by atoms with E-state index in [1.54, 1.807) is 0 Å². The number of nitrogens with zero attached hydrogens (tertiary/aromatic N) is 1. The smallest absolute Gasteiger partial charge is 0.407 e. The summed E-state index contributed by atoms with van der Waals surface area (Å²) in [5.41, 5.74) is 3.50. The van der Waals surface area contributed by atoms with Gasteiger partial charge in [-0.05, 0) is 80.1 Å². The molecule has 31 heavy (non-hydrogen) atoms. The second-order valence-electron chi connectivity index (χ2n) is 8.63. The van der Waals surface area contributed by atoms with Gasteiger partial charge in [0.2, 0.25) is 0 Å². The number of benzene rings is 2. The third-order valence-electron chi connectivity index (χ3n) is 6.68. The molecule has 1 unspecified atom stereocenters. The molecule has 4 aliphatic rings. The first-order chi connectivity index (χ1) is 15.2. The molecule has 5 nitrogen and oxygen atoms in total. The fraction of sp³-hybridized carbons (Fsp3) is 0.480. The van der Waals surface area contributed by atoms with Crippen molar-refractivity contribution in [1.29, 1.82) is 0 Å². The fourth-order valence-electron chi connectivity index (χ4n) is 5.01. The van der Waals surface area contributed by atoms with E-state index in [1.165, 1.54) is 16.0 Å². The standard InChI is InChI=1S/C25H30N2O3S/c1-2-29-20-5-3-4-18(14-20)19-6-7-21-22(10-13-31-24(21)15-19)26-25(28)30-23-16-27-11-8-17(23)9-12-27/h3-7,14-15,17,22-23H,2,8-13,16H2,1H3,(H,26,28)/t22?,23-/m0/s1. The van der Waals surface area contributed by atoms with Crippen LogP contribution in [0.3, 0.4) is 0 Å². The molecular weight excluding hydrogens is 408 g/mol. The Morgan fingerprint density at radius 1 is 1.13 bits per heavy atom. The van der Waals surface area contributed by atoms with E-state index in [0.29, 0.717) is 12.5 Å². The maximum Gasteiger partial charge on any atom is 0.407 e. The van der Waals surface area contributed by atoms with Gasteiger partial charge in [-0.25, -0.2) is 4.79 Å². The Labute approximate surface area is 188 Å². The van der Waals surface area contributed by atoms with Crippen LogP contribution in [0.4, 0.5) is 4.79 Å². The number of carbonyl (C=O) groups excluding carboxylic acids is 1. The van der Waals surface area contributed by atoms with Crippen LogP contribution in [0.5, 0.6) is 5.75 Å². The largest absolute Gasteiger partial charge is 0.494 e. The number of hydrogen-bond acceptors (Lipinski definition) is 5. The molecule has 1 amide bonds. The molecule has 0 aromatic heterocycles. The Morgan fingerprint density at radius 3 is 2.74 bits per heavy atom. The van der Waals surface area contributed by atoms with Crippen molar-refractivity contribution in [2.75, 3.05) is 32.0 Å². The number of ether oxygens (including phenoxy) is 2. The Kier molecular flexibility index (Phi) is 6.10. The van der Waals surface area contributed by atoms with Gasteiger partial charge in [-0.1, -0.05) is 24.3 Å². The first-order valence-corrected chi connectivity index (χ1v) is 12.4. The molecule has 6 heteroatoms. The van der Waals surface area contributed by atoms with Crippen molar-refractivity contribution < 1.29 is 14.3 Å². The van der Waals surface area contributed by atoms with E-state index in [9.17, 15) is 4.79 Å². The molecule has 0 saturated carbocycles. The van der Waals surface area contributed by atoms with Gasteiger partial charge in [0.05, 0.1) is 12.6 Å². The van der Waals surface area contributed by atoms with Crippen molar-refractivity contribution in [3.05, 3.63) is 48.0 Å². The Morgan fingerprint density at radius 2 is 1.97 bits per heavy atom. The van der Waals surface area contributed by atoms with Crippen molar-refractivity contribution in [3.8, 4) is 16.9 Å². The average Bonchev–Trinajstić information content (AvgIpc) is 2.80. The minimum absolute atomic E-state index is 0.00800. The lowest BCUT2D eigenvalue weighted by atomic mass is 9.86. The summed E-state index contributed by atoms with van der Waals surface area (Å²) in [5, 5.41) is 3.15. The van der Waals surface area contributed by atoms with E-state index < -0.39 is 0 Å². The summed E-state index contributed by atoms with van der Waals surface area (Å²) in [5.74, 6) is 2.40. The summed E-state index contributed by atoms with van der Waals surface area (Å²) in [6.07, 6.45) is 2.99. The van der Waals surface area contributed by atoms with Gasteiger partial charge in [0.25, 0.3) is 0 Å². The number of thioether (sulfide) groups is 1. The van der Waals surface area contributed by atoms with Gasteiger partial charge in [-0.15, -0.1) is 11.8 Å². The van der Waals surface area contributed by atoms with E-state index >= 15 is 0 Å². The van der Waals surface area contributed by atoms with Crippen LogP contribution in [0.2, 0.25) is 0 Å². The molecule has 0 spiro atoms. The first-order valence-electron chi connectivity index (χ1n) is 11.4. The Hall–Kier alpha value is -2.18. The highest BCUT2D eigenvalue weighted by Crippen LogP contribution is 2.39. The summed E-state index contributed by atoms with van der Waals surface area (Å²) >= 11 is 1.86. The third-order valence-corrected chi connectivity index (χ3v) is 7.78. The highest BCUT2D eigenvalue weighted by Gasteiger charge is 2.37. The van der Waals surface area contributed by atoms with Gasteiger partial charge in [0.1, 0.15) is 11.9 Å². The van der Waals surface area contributed by atoms with Gasteiger partial charge < -0.3 is 14.8 Å². The Balaban J connectivity index is 1.28. The van der Waals surface area contributed by atoms with E-state index in [4.69, 9.17) is 9.47 Å². The fourth-order valence-corrected chi connectivity index (χ4v) is 6.17. The zero-order chi connectivity index (χ0) is 21.2. The van der Waals surface area contributed by atoms with Crippen LogP contribution in [0.15, 0.2) is 47.4 Å². The molecule has 1 N–H and O–H groups in total. The van der Waals surface area contributed by atoms with Gasteiger partial charge in [0.15, 0.2) is 0 Å². The average molecular weight is 439 g/mol. The predicted molar refractivity (Wildman–Crippen MR) is 124 cm³/mol. The first kappa shape index (κ1) is 20.7. The number of fused-ring (bicyclic) bond motifs is 4. The van der Waals surface area contributed by atoms with Crippen molar-refractivity contribution in [2.24, 2.45) is 5.92 Å². The molecule has 4 heterocycles. The van der Waals surface area contributed by atoms with Crippen LogP contribution >= 0.6 is 11.8 Å². The maximum atomic E-state index is 12.7. The molecule has 2 atom stereocenters. The second-order valence-corrected chi connectivity index (χ2v) is 9.77. The van der Waals surface area contributed by atoms with Gasteiger partial charge in [-0.2, -0.15) is 0 Å². The SMILES string of the molecule is CCOc1cccc(-c2ccc3c(c2)SCCC3NC(=O)O[C@H]2CN3CCC2CC3)c1. The molecule has 164 valence electrons. The normalized spacial score (nSPS) is 26.7. The van der Waals surface area contributed by atoms with Crippen molar-refractivity contribution in [3.63, 3.8) is 0 Å². The topological polar surface area (TPSA) is 50.8 Å². The van der Waals surface area contributed by atoms with Crippen LogP contribution in [-0.4, -0.2) is 49.1 Å². The number of nitrogens with one attached hydrogen (secondary N) is 1. The highest BCUT2D eigenvalue weighted by atomic mass is 32.2. The molecule has 2 aromatic carbocycles. The third kappa shape index (κ3) is 4.55. The summed E-state index contributed by atoms with van der Waals surface area (Å²) < 4.78 is 11.5. The number of carbonyl (C=O) groups is 1. The van der Waals surface area contributed by atoms with Gasteiger partial charge in [-0.3, -0.25) is 4.90 Å². The number of piperidine rings is 3. The minimum Gasteiger partial charge on any atom is -0.494 e.